The minimum absolute atomic E-state index is 0.719. The lowest BCUT2D eigenvalue weighted by atomic mass is 10.3. The summed E-state index contributed by atoms with van der Waals surface area (Å²) in [5.74, 6) is 0. The van der Waals surface area contributed by atoms with E-state index in [0.29, 0.717) is 0 Å². The van der Waals surface area contributed by atoms with Crippen LogP contribution < -0.4 is 10.4 Å². The fourth-order valence-corrected chi connectivity index (χ4v) is 2.83. The van der Waals surface area contributed by atoms with Crippen LogP contribution in [0.2, 0.25) is 0 Å². The van der Waals surface area contributed by atoms with Crippen molar-refractivity contribution in [1.82, 2.24) is 5.09 Å². The lowest BCUT2D eigenvalue weighted by Gasteiger charge is -2.17. The van der Waals surface area contributed by atoms with Crippen LogP contribution in [-0.2, 0) is 9.09 Å². The van der Waals surface area contributed by atoms with Gasteiger partial charge in [-0.3, -0.25) is 4.57 Å². The fraction of sp³-hybridized carbons (Fsp3) is 0.455. The highest BCUT2D eigenvalue weighted by Gasteiger charge is 2.22. The van der Waals surface area contributed by atoms with Gasteiger partial charge in [-0.25, -0.2) is 5.09 Å². The molecule has 1 unspecified atom stereocenters. The first-order chi connectivity index (χ1) is 7.23. The molecule has 1 atom stereocenters. The van der Waals surface area contributed by atoms with Crippen LogP contribution in [0.5, 0.6) is 0 Å². The van der Waals surface area contributed by atoms with Crippen molar-refractivity contribution in [2.75, 3.05) is 13.7 Å². The standard InChI is InChI=1S/C11H18NO2P/c1-3-4-10-12-15(13,14-2)11-8-6-5-7-9-11/h5-9H,3-4,10H2,1-2H3,(H,12,13). The fourth-order valence-electron chi connectivity index (χ4n) is 1.29. The van der Waals surface area contributed by atoms with Gasteiger partial charge in [0.1, 0.15) is 0 Å². The van der Waals surface area contributed by atoms with Crippen LogP contribution in [0.25, 0.3) is 0 Å². The number of hydrogen-bond acceptors (Lipinski definition) is 2. The topological polar surface area (TPSA) is 38.3 Å². The molecule has 0 bridgehead atoms. The molecule has 0 spiro atoms. The first kappa shape index (κ1) is 12.4. The van der Waals surface area contributed by atoms with Gasteiger partial charge >= 0.3 is 0 Å². The molecule has 0 heterocycles. The van der Waals surface area contributed by atoms with E-state index in [1.807, 2.05) is 30.3 Å². The molecule has 4 heteroatoms. The number of rotatable bonds is 6. The molecule has 3 nitrogen and oxygen atoms in total. The van der Waals surface area contributed by atoms with Crippen molar-refractivity contribution in [3.8, 4) is 0 Å². The summed E-state index contributed by atoms with van der Waals surface area (Å²) in [6.07, 6.45) is 2.08. The molecule has 0 aromatic heterocycles. The Bertz CT molecular complexity index is 327. The van der Waals surface area contributed by atoms with E-state index in [0.717, 1.165) is 24.7 Å². The maximum Gasteiger partial charge on any atom is 0.299 e. The van der Waals surface area contributed by atoms with Crippen molar-refractivity contribution >= 4 is 12.8 Å². The predicted molar refractivity (Wildman–Crippen MR) is 63.6 cm³/mol. The van der Waals surface area contributed by atoms with Gasteiger partial charge in [0.15, 0.2) is 0 Å². The normalized spacial score (nSPS) is 14.8. The smallest absolute Gasteiger partial charge is 0.299 e. The summed E-state index contributed by atoms with van der Waals surface area (Å²) < 4.78 is 17.4. The monoisotopic (exact) mass is 227 g/mol. The number of hydrogen-bond donors (Lipinski definition) is 1. The lowest BCUT2D eigenvalue weighted by molar-refractivity contribution is 0.391. The van der Waals surface area contributed by atoms with Gasteiger partial charge in [-0.05, 0) is 18.6 Å². The third-order valence-corrected chi connectivity index (χ3v) is 4.34. The van der Waals surface area contributed by atoms with Crippen LogP contribution in [0.1, 0.15) is 19.8 Å². The Balaban J connectivity index is 2.73. The molecule has 84 valence electrons. The minimum atomic E-state index is -2.83. The van der Waals surface area contributed by atoms with Crippen molar-refractivity contribution in [3.05, 3.63) is 30.3 Å². The number of benzene rings is 1. The van der Waals surface area contributed by atoms with Crippen molar-refractivity contribution in [2.45, 2.75) is 19.8 Å². The highest BCUT2D eigenvalue weighted by molar-refractivity contribution is 7.65. The Morgan fingerprint density at radius 3 is 2.53 bits per heavy atom. The molecule has 0 saturated heterocycles. The van der Waals surface area contributed by atoms with E-state index in [2.05, 4.69) is 12.0 Å². The molecule has 0 aliphatic rings. The van der Waals surface area contributed by atoms with Gasteiger partial charge in [0, 0.05) is 13.7 Å². The molecular weight excluding hydrogens is 209 g/mol. The quantitative estimate of drug-likeness (QED) is 0.599. The van der Waals surface area contributed by atoms with Crippen LogP contribution in [0.3, 0.4) is 0 Å². The zero-order valence-corrected chi connectivity index (χ0v) is 10.2. The SMILES string of the molecule is CCCCNP(=O)(OC)c1ccccc1. The molecule has 0 amide bonds. The zero-order valence-electron chi connectivity index (χ0n) is 9.27. The molecule has 0 aliphatic carbocycles. The lowest BCUT2D eigenvalue weighted by Crippen LogP contribution is -2.21. The summed E-state index contributed by atoms with van der Waals surface area (Å²) in [4.78, 5) is 0. The van der Waals surface area contributed by atoms with Gasteiger partial charge in [-0.15, -0.1) is 0 Å². The van der Waals surface area contributed by atoms with Crippen molar-refractivity contribution < 1.29 is 9.09 Å². The van der Waals surface area contributed by atoms with Crippen molar-refractivity contribution in [3.63, 3.8) is 0 Å². The molecule has 0 radical (unpaired) electrons. The molecule has 0 saturated carbocycles. The van der Waals surface area contributed by atoms with E-state index in [-0.39, 0.29) is 0 Å². The van der Waals surface area contributed by atoms with Gasteiger partial charge in [0.05, 0.1) is 5.30 Å². The average molecular weight is 227 g/mol. The molecule has 0 aliphatic heterocycles. The highest BCUT2D eigenvalue weighted by Crippen LogP contribution is 2.39. The maximum absolute atomic E-state index is 12.3. The third-order valence-electron chi connectivity index (χ3n) is 2.20. The Labute approximate surface area is 91.4 Å². The van der Waals surface area contributed by atoms with Crippen molar-refractivity contribution in [1.29, 1.82) is 0 Å². The first-order valence-corrected chi connectivity index (χ1v) is 6.82. The Morgan fingerprint density at radius 1 is 1.33 bits per heavy atom. The zero-order chi connectivity index (χ0) is 11.1. The van der Waals surface area contributed by atoms with E-state index in [1.165, 1.54) is 7.11 Å². The van der Waals surface area contributed by atoms with E-state index < -0.39 is 7.52 Å². The maximum atomic E-state index is 12.3. The van der Waals surface area contributed by atoms with Crippen LogP contribution in [0.15, 0.2) is 30.3 Å². The van der Waals surface area contributed by atoms with Gasteiger partial charge in [-0.1, -0.05) is 31.5 Å². The van der Waals surface area contributed by atoms with E-state index in [1.54, 1.807) is 0 Å². The third kappa shape index (κ3) is 3.45. The molecule has 1 N–H and O–H groups in total. The van der Waals surface area contributed by atoms with E-state index in [9.17, 15) is 4.57 Å². The summed E-state index contributed by atoms with van der Waals surface area (Å²) in [7, 11) is -1.35. The van der Waals surface area contributed by atoms with Crippen molar-refractivity contribution in [2.24, 2.45) is 0 Å². The Kier molecular flexibility index (Phi) is 5.03. The van der Waals surface area contributed by atoms with E-state index >= 15 is 0 Å². The van der Waals surface area contributed by atoms with Crippen LogP contribution >= 0.6 is 7.52 Å². The van der Waals surface area contributed by atoms with Crippen LogP contribution in [0.4, 0.5) is 0 Å². The molecule has 1 aromatic carbocycles. The highest BCUT2D eigenvalue weighted by atomic mass is 31.2. The van der Waals surface area contributed by atoms with Gasteiger partial charge in [-0.2, -0.15) is 0 Å². The second-order valence-electron chi connectivity index (χ2n) is 3.33. The van der Waals surface area contributed by atoms with Crippen LogP contribution in [-0.4, -0.2) is 13.7 Å². The summed E-state index contributed by atoms with van der Waals surface area (Å²) in [6, 6.07) is 9.27. The molecule has 15 heavy (non-hydrogen) atoms. The summed E-state index contributed by atoms with van der Waals surface area (Å²) >= 11 is 0. The van der Waals surface area contributed by atoms with Gasteiger partial charge in [0.25, 0.3) is 7.52 Å². The molecule has 1 rings (SSSR count). The number of nitrogens with one attached hydrogen (secondary N) is 1. The molecule has 0 fully saturated rings. The Hall–Kier alpha value is -0.630. The van der Waals surface area contributed by atoms with Crippen LogP contribution in [0, 0.1) is 0 Å². The second-order valence-corrected chi connectivity index (χ2v) is 5.63. The van der Waals surface area contributed by atoms with E-state index in [4.69, 9.17) is 4.52 Å². The minimum Gasteiger partial charge on any atom is -0.318 e. The first-order valence-electron chi connectivity index (χ1n) is 5.19. The summed E-state index contributed by atoms with van der Waals surface area (Å²) in [6.45, 7) is 2.82. The molecule has 1 aromatic rings. The second kappa shape index (κ2) is 6.06. The Morgan fingerprint density at radius 2 is 2.00 bits per heavy atom. The average Bonchev–Trinajstić information content (AvgIpc) is 2.30. The molecular formula is C11H18NO2P. The predicted octanol–water partition coefficient (Wildman–Crippen LogP) is 2.54. The summed E-state index contributed by atoms with van der Waals surface area (Å²) in [5, 5.41) is 3.72. The largest absolute Gasteiger partial charge is 0.318 e. The number of unbranched alkanes of at least 4 members (excludes halogenated alkanes) is 1. The van der Waals surface area contributed by atoms with Gasteiger partial charge < -0.3 is 4.52 Å². The summed E-state index contributed by atoms with van der Waals surface area (Å²) in [5.41, 5.74) is 0. The van der Waals surface area contributed by atoms with Gasteiger partial charge in [0.2, 0.25) is 0 Å².